The number of aliphatic hydroxyl groups is 1. The van der Waals surface area contributed by atoms with E-state index in [1.165, 1.54) is 17.3 Å². The van der Waals surface area contributed by atoms with Crippen molar-refractivity contribution >= 4 is 5.91 Å². The van der Waals surface area contributed by atoms with E-state index < -0.39 is 0 Å². The lowest BCUT2D eigenvalue weighted by Gasteiger charge is -2.20. The van der Waals surface area contributed by atoms with Crippen molar-refractivity contribution in [3.63, 3.8) is 0 Å². The number of methoxy groups -OCH3 is 1. The maximum Gasteiger partial charge on any atom is 0.255 e. The van der Waals surface area contributed by atoms with Gasteiger partial charge in [0.05, 0.1) is 31.2 Å². The molecule has 0 aliphatic heterocycles. The zero-order valence-corrected chi connectivity index (χ0v) is 9.17. The second kappa shape index (κ2) is 6.86. The molecule has 1 heterocycles. The van der Waals surface area contributed by atoms with E-state index in [0.29, 0.717) is 18.7 Å². The minimum absolute atomic E-state index is 0.0754. The first kappa shape index (κ1) is 12.5. The maximum absolute atomic E-state index is 11.9. The molecule has 1 amide bonds. The summed E-state index contributed by atoms with van der Waals surface area (Å²) in [6.45, 7) is 1.08. The number of rotatable bonds is 6. The molecular formula is C10H15N3O3. The third-order valence-electron chi connectivity index (χ3n) is 2.05. The summed E-state index contributed by atoms with van der Waals surface area (Å²) >= 11 is 0. The Kier molecular flexibility index (Phi) is 5.38. The summed E-state index contributed by atoms with van der Waals surface area (Å²) in [5.41, 5.74) is 0.458. The molecule has 0 radical (unpaired) electrons. The van der Waals surface area contributed by atoms with E-state index in [1.54, 1.807) is 13.2 Å². The molecule has 16 heavy (non-hydrogen) atoms. The van der Waals surface area contributed by atoms with E-state index in [-0.39, 0.29) is 19.1 Å². The topological polar surface area (TPSA) is 75.6 Å². The van der Waals surface area contributed by atoms with Gasteiger partial charge in [0, 0.05) is 20.2 Å². The number of ether oxygens (including phenoxy) is 1. The first-order valence-electron chi connectivity index (χ1n) is 4.95. The lowest BCUT2D eigenvalue weighted by Crippen LogP contribution is -2.36. The normalized spacial score (nSPS) is 10.1. The molecule has 0 spiro atoms. The molecule has 1 N–H and O–H groups in total. The van der Waals surface area contributed by atoms with Crippen LogP contribution in [-0.2, 0) is 4.74 Å². The van der Waals surface area contributed by atoms with Gasteiger partial charge in [-0.25, -0.2) is 0 Å². The third kappa shape index (κ3) is 3.56. The molecule has 6 nitrogen and oxygen atoms in total. The van der Waals surface area contributed by atoms with E-state index >= 15 is 0 Å². The van der Waals surface area contributed by atoms with Crippen molar-refractivity contribution in [2.75, 3.05) is 33.4 Å². The summed E-state index contributed by atoms with van der Waals surface area (Å²) in [6.07, 6.45) is 2.86. The SMILES string of the molecule is COCCN(CCO)C(=O)c1ccnnc1. The van der Waals surface area contributed by atoms with Crippen LogP contribution in [0.25, 0.3) is 0 Å². The highest BCUT2D eigenvalue weighted by atomic mass is 16.5. The van der Waals surface area contributed by atoms with E-state index in [0.717, 1.165) is 0 Å². The molecule has 0 bridgehead atoms. The van der Waals surface area contributed by atoms with E-state index in [2.05, 4.69) is 10.2 Å². The van der Waals surface area contributed by atoms with Crippen LogP contribution in [0, 0.1) is 0 Å². The molecule has 1 aromatic heterocycles. The largest absolute Gasteiger partial charge is 0.395 e. The van der Waals surface area contributed by atoms with Crippen molar-refractivity contribution in [3.05, 3.63) is 24.0 Å². The first-order chi connectivity index (χ1) is 7.79. The van der Waals surface area contributed by atoms with Crippen LogP contribution < -0.4 is 0 Å². The molecule has 0 atom stereocenters. The fourth-order valence-corrected chi connectivity index (χ4v) is 1.24. The molecule has 88 valence electrons. The van der Waals surface area contributed by atoms with Crippen molar-refractivity contribution in [2.45, 2.75) is 0 Å². The van der Waals surface area contributed by atoms with Crippen LogP contribution in [0.3, 0.4) is 0 Å². The van der Waals surface area contributed by atoms with Crippen LogP contribution in [0.15, 0.2) is 18.5 Å². The molecule has 0 aliphatic carbocycles. The molecule has 1 aromatic rings. The highest BCUT2D eigenvalue weighted by Crippen LogP contribution is 2.01. The lowest BCUT2D eigenvalue weighted by atomic mass is 10.2. The van der Waals surface area contributed by atoms with Gasteiger partial charge in [-0.3, -0.25) is 4.79 Å². The second-order valence-corrected chi connectivity index (χ2v) is 3.14. The fraction of sp³-hybridized carbons (Fsp3) is 0.500. The van der Waals surface area contributed by atoms with E-state index in [9.17, 15) is 4.79 Å². The lowest BCUT2D eigenvalue weighted by molar-refractivity contribution is 0.0656. The molecule has 0 saturated carbocycles. The zero-order chi connectivity index (χ0) is 11.8. The van der Waals surface area contributed by atoms with E-state index in [1.807, 2.05) is 0 Å². The van der Waals surface area contributed by atoms with Gasteiger partial charge in [-0.1, -0.05) is 0 Å². The number of aliphatic hydroxyl groups excluding tert-OH is 1. The molecule has 0 saturated heterocycles. The van der Waals surface area contributed by atoms with Gasteiger partial charge >= 0.3 is 0 Å². The van der Waals surface area contributed by atoms with Crippen LogP contribution >= 0.6 is 0 Å². The smallest absolute Gasteiger partial charge is 0.255 e. The van der Waals surface area contributed by atoms with Crippen LogP contribution in [0.5, 0.6) is 0 Å². The maximum atomic E-state index is 11.9. The van der Waals surface area contributed by atoms with Crippen LogP contribution in [0.4, 0.5) is 0 Å². The number of hydrogen-bond acceptors (Lipinski definition) is 5. The van der Waals surface area contributed by atoms with Gasteiger partial charge in [0.2, 0.25) is 0 Å². The Bertz CT molecular complexity index is 318. The standard InChI is InChI=1S/C10H15N3O3/c1-16-7-5-13(4-6-14)10(15)9-2-3-11-12-8-9/h2-3,8,14H,4-7H2,1H3. The van der Waals surface area contributed by atoms with Gasteiger partial charge in [-0.2, -0.15) is 10.2 Å². The summed E-state index contributed by atoms with van der Waals surface area (Å²) in [5, 5.41) is 16.1. The Morgan fingerprint density at radius 2 is 2.31 bits per heavy atom. The summed E-state index contributed by atoms with van der Waals surface area (Å²) in [4.78, 5) is 13.4. The number of amides is 1. The molecule has 0 aliphatic rings. The van der Waals surface area contributed by atoms with Crippen molar-refractivity contribution in [3.8, 4) is 0 Å². The minimum Gasteiger partial charge on any atom is -0.395 e. The van der Waals surface area contributed by atoms with Crippen LogP contribution in [0.1, 0.15) is 10.4 Å². The molecule has 0 fully saturated rings. The predicted molar refractivity (Wildman–Crippen MR) is 56.9 cm³/mol. The van der Waals surface area contributed by atoms with Crippen molar-refractivity contribution in [1.82, 2.24) is 15.1 Å². The monoisotopic (exact) mass is 225 g/mol. The van der Waals surface area contributed by atoms with Gasteiger partial charge < -0.3 is 14.7 Å². The zero-order valence-electron chi connectivity index (χ0n) is 9.17. The number of hydrogen-bond donors (Lipinski definition) is 1. The van der Waals surface area contributed by atoms with Gasteiger partial charge in [-0.15, -0.1) is 0 Å². The molecule has 6 heteroatoms. The van der Waals surface area contributed by atoms with Gasteiger partial charge in [-0.05, 0) is 6.07 Å². The summed E-state index contributed by atoms with van der Waals surface area (Å²) in [5.74, 6) is -0.180. The van der Waals surface area contributed by atoms with Crippen LogP contribution in [0.2, 0.25) is 0 Å². The van der Waals surface area contributed by atoms with E-state index in [4.69, 9.17) is 9.84 Å². The molecular weight excluding hydrogens is 210 g/mol. The Hall–Kier alpha value is -1.53. The summed E-state index contributed by atoms with van der Waals surface area (Å²) < 4.78 is 4.90. The third-order valence-corrected chi connectivity index (χ3v) is 2.05. The number of carbonyl (C=O) groups is 1. The number of nitrogens with zero attached hydrogens (tertiary/aromatic N) is 3. The van der Waals surface area contributed by atoms with Gasteiger partial charge in [0.25, 0.3) is 5.91 Å². The number of aromatic nitrogens is 2. The van der Waals surface area contributed by atoms with Gasteiger partial charge in [0.15, 0.2) is 0 Å². The Balaban J connectivity index is 2.67. The van der Waals surface area contributed by atoms with Crippen molar-refractivity contribution in [2.24, 2.45) is 0 Å². The predicted octanol–water partition coefficient (Wildman–Crippen LogP) is -0.443. The van der Waals surface area contributed by atoms with Crippen molar-refractivity contribution in [1.29, 1.82) is 0 Å². The second-order valence-electron chi connectivity index (χ2n) is 3.14. The summed E-state index contributed by atoms with van der Waals surface area (Å²) in [6, 6.07) is 1.59. The van der Waals surface area contributed by atoms with Crippen LogP contribution in [-0.4, -0.2) is 59.5 Å². The highest BCUT2D eigenvalue weighted by molar-refractivity contribution is 5.93. The Labute approximate surface area is 93.9 Å². The average molecular weight is 225 g/mol. The minimum atomic E-state index is -0.180. The quantitative estimate of drug-likeness (QED) is 0.710. The average Bonchev–Trinajstić information content (AvgIpc) is 2.35. The fourth-order valence-electron chi connectivity index (χ4n) is 1.24. The van der Waals surface area contributed by atoms with Gasteiger partial charge in [0.1, 0.15) is 0 Å². The molecule has 1 rings (SSSR count). The molecule has 0 unspecified atom stereocenters. The van der Waals surface area contributed by atoms with Crippen molar-refractivity contribution < 1.29 is 14.6 Å². The summed E-state index contributed by atoms with van der Waals surface area (Å²) in [7, 11) is 1.57. The molecule has 0 aromatic carbocycles. The Morgan fingerprint density at radius 3 is 2.88 bits per heavy atom. The first-order valence-corrected chi connectivity index (χ1v) is 4.95. The number of carbonyl (C=O) groups excluding carboxylic acids is 1. The Morgan fingerprint density at radius 1 is 1.50 bits per heavy atom. The highest BCUT2D eigenvalue weighted by Gasteiger charge is 2.14.